The van der Waals surface area contributed by atoms with Crippen molar-refractivity contribution < 1.29 is 33.6 Å². The van der Waals surface area contributed by atoms with E-state index in [1.165, 1.54) is 4.90 Å². The molecular formula is C51H60N8O7. The van der Waals surface area contributed by atoms with Crippen molar-refractivity contribution in [2.24, 2.45) is 16.9 Å². The first-order valence-electron chi connectivity index (χ1n) is 23.3. The van der Waals surface area contributed by atoms with Gasteiger partial charge < -0.3 is 15.5 Å². The molecule has 0 aliphatic carbocycles. The number of fused-ring (bicyclic) bond motifs is 2. The van der Waals surface area contributed by atoms with Crippen LogP contribution >= 0.6 is 0 Å². The number of imide groups is 1. The van der Waals surface area contributed by atoms with Crippen molar-refractivity contribution in [1.82, 2.24) is 35.4 Å². The molecule has 15 nitrogen and oxygen atoms in total. The number of pyridine rings is 2. The molecule has 2 aromatic carbocycles. The van der Waals surface area contributed by atoms with Crippen LogP contribution in [-0.2, 0) is 53.1 Å². The highest BCUT2D eigenvalue weighted by Crippen LogP contribution is 2.34. The van der Waals surface area contributed by atoms with Crippen molar-refractivity contribution in [3.05, 3.63) is 107 Å². The molecule has 6 amide bonds. The van der Waals surface area contributed by atoms with Gasteiger partial charge in [-0.1, -0.05) is 69.7 Å². The van der Waals surface area contributed by atoms with Gasteiger partial charge >= 0.3 is 0 Å². The number of hydrazone groups is 1. The molecule has 2 aromatic heterocycles. The van der Waals surface area contributed by atoms with E-state index >= 15 is 0 Å². The van der Waals surface area contributed by atoms with Gasteiger partial charge in [-0.05, 0) is 77.6 Å². The topological polar surface area (TPSA) is 191 Å². The number of nitrogens with zero attached hydrogens (tertiary/aromatic N) is 6. The summed E-state index contributed by atoms with van der Waals surface area (Å²) in [5, 5.41) is 13.1. The van der Waals surface area contributed by atoms with E-state index in [9.17, 15) is 33.6 Å². The van der Waals surface area contributed by atoms with E-state index in [1.807, 2.05) is 85.6 Å². The third kappa shape index (κ3) is 11.8. The second kappa shape index (κ2) is 22.0. The highest BCUT2D eigenvalue weighted by molar-refractivity contribution is 6.07. The molecule has 0 bridgehead atoms. The molecule has 3 aliphatic heterocycles. The average Bonchev–Trinajstić information content (AvgIpc) is 3.90. The van der Waals surface area contributed by atoms with Gasteiger partial charge in [-0.3, -0.25) is 48.4 Å². The SMILES string of the molecule is CC(C)[C@H](NC(=O)CCCCCN1C(=O)CCC1=O)C(=O)C[C@@H](C)C(=O)NCCCCN1N=C(c2ccc(CC(=O)N3Cc4ccncc4C3)cc2)CC(c2cccc3ncccc23)C1=O. The summed E-state index contributed by atoms with van der Waals surface area (Å²) < 4.78 is 0. The molecule has 1 unspecified atom stereocenters. The van der Waals surface area contributed by atoms with Crippen LogP contribution in [0.3, 0.4) is 0 Å². The van der Waals surface area contributed by atoms with Gasteiger partial charge in [-0.2, -0.15) is 5.10 Å². The van der Waals surface area contributed by atoms with Crippen LogP contribution < -0.4 is 10.6 Å². The van der Waals surface area contributed by atoms with E-state index in [0.717, 1.165) is 44.4 Å². The van der Waals surface area contributed by atoms with E-state index in [2.05, 4.69) is 20.6 Å². The maximum atomic E-state index is 14.2. The van der Waals surface area contributed by atoms with Crippen LogP contribution in [0.5, 0.6) is 0 Å². The minimum absolute atomic E-state index is 0.0276. The highest BCUT2D eigenvalue weighted by atomic mass is 16.2. The summed E-state index contributed by atoms with van der Waals surface area (Å²) in [6.45, 7) is 7.58. The summed E-state index contributed by atoms with van der Waals surface area (Å²) in [6, 6.07) is 18.7. The standard InChI is InChI=1S/C51H60N8O7/c1-33(2)49(55-45(61)14-5-4-7-25-58-46(62)19-20-47(58)63)44(60)27-34(3)50(65)54-22-6-8-26-59-51(66)41(39-11-9-13-42-40(39)12-10-23-53-42)29-43(56-59)36-17-15-35(16-18-36)28-48(64)57-31-37-21-24-52-30-38(37)32-57/h9-13,15-18,21,23-24,30,33-34,41,49H,4-8,14,19-20,22,25-29,31-32H2,1-3H3,(H,54,65)(H,55,61)/t34-,41?,49+/m1/s1. The molecular weight excluding hydrogens is 837 g/mol. The van der Waals surface area contributed by atoms with Crippen LogP contribution in [0.1, 0.15) is 119 Å². The van der Waals surface area contributed by atoms with E-state index in [0.29, 0.717) is 71.2 Å². The zero-order valence-corrected chi connectivity index (χ0v) is 38.2. The van der Waals surface area contributed by atoms with E-state index in [4.69, 9.17) is 5.10 Å². The minimum atomic E-state index is -0.729. The Bertz CT molecular complexity index is 2440. The molecule has 1 saturated heterocycles. The number of benzene rings is 2. The summed E-state index contributed by atoms with van der Waals surface area (Å²) >= 11 is 0. The van der Waals surface area contributed by atoms with Gasteiger partial charge in [-0.15, -0.1) is 0 Å². The Kier molecular flexibility index (Phi) is 15.8. The molecule has 5 heterocycles. The summed E-state index contributed by atoms with van der Waals surface area (Å²) in [5.41, 5.74) is 6.39. The van der Waals surface area contributed by atoms with Crippen LogP contribution in [0.4, 0.5) is 0 Å². The van der Waals surface area contributed by atoms with Crippen molar-refractivity contribution in [2.75, 3.05) is 19.6 Å². The Morgan fingerprint density at radius 2 is 1.56 bits per heavy atom. The maximum Gasteiger partial charge on any atom is 0.250 e. The van der Waals surface area contributed by atoms with Crippen molar-refractivity contribution in [2.45, 2.75) is 116 Å². The Morgan fingerprint density at radius 3 is 2.32 bits per heavy atom. The van der Waals surface area contributed by atoms with Gasteiger partial charge in [0, 0.05) is 94.7 Å². The van der Waals surface area contributed by atoms with Gasteiger partial charge in [0.1, 0.15) is 0 Å². The second-order valence-corrected chi connectivity index (χ2v) is 18.1. The lowest BCUT2D eigenvalue weighted by Gasteiger charge is -2.30. The monoisotopic (exact) mass is 896 g/mol. The maximum absolute atomic E-state index is 14.2. The predicted octanol–water partition coefficient (Wildman–Crippen LogP) is 5.78. The number of Topliss-reactive ketones (excluding diaryl/α,β-unsaturated/α-hetero) is 1. The molecule has 0 radical (unpaired) electrons. The number of hydrogen-bond acceptors (Lipinski definition) is 10. The summed E-state index contributed by atoms with van der Waals surface area (Å²) in [7, 11) is 0. The first kappa shape index (κ1) is 47.3. The molecule has 1 fully saturated rings. The van der Waals surface area contributed by atoms with Gasteiger partial charge in [-0.25, -0.2) is 5.01 Å². The number of carbonyl (C=O) groups is 7. The van der Waals surface area contributed by atoms with Gasteiger partial charge in [0.25, 0.3) is 5.91 Å². The molecule has 346 valence electrons. The zero-order chi connectivity index (χ0) is 46.7. The molecule has 3 aliphatic rings. The third-order valence-corrected chi connectivity index (χ3v) is 12.8. The fraction of sp³-hybridized carbons (Fsp3) is 0.451. The number of carbonyl (C=O) groups excluding carboxylic acids is 7. The largest absolute Gasteiger partial charge is 0.356 e. The summed E-state index contributed by atoms with van der Waals surface area (Å²) in [6.07, 6.45) is 9.67. The lowest BCUT2D eigenvalue weighted by atomic mass is 9.86. The Labute approximate surface area is 385 Å². The van der Waals surface area contributed by atoms with Crippen LogP contribution in [-0.4, -0.2) is 97.4 Å². The smallest absolute Gasteiger partial charge is 0.250 e. The van der Waals surface area contributed by atoms with E-state index in [1.54, 1.807) is 24.3 Å². The van der Waals surface area contributed by atoms with Crippen molar-refractivity contribution in [3.8, 4) is 0 Å². The lowest BCUT2D eigenvalue weighted by molar-refractivity contribution is -0.138. The minimum Gasteiger partial charge on any atom is -0.356 e. The van der Waals surface area contributed by atoms with E-state index in [-0.39, 0.29) is 79.2 Å². The van der Waals surface area contributed by atoms with Gasteiger partial charge in [0.2, 0.25) is 29.5 Å². The average molecular weight is 897 g/mol. The van der Waals surface area contributed by atoms with Crippen molar-refractivity contribution >= 4 is 57.8 Å². The fourth-order valence-corrected chi connectivity index (χ4v) is 8.97. The second-order valence-electron chi connectivity index (χ2n) is 18.1. The molecule has 2 N–H and O–H groups in total. The van der Waals surface area contributed by atoms with Crippen molar-refractivity contribution in [3.63, 3.8) is 0 Å². The van der Waals surface area contributed by atoms with Gasteiger partial charge in [0.15, 0.2) is 5.78 Å². The molecule has 15 heteroatoms. The number of aromatic nitrogens is 2. The first-order chi connectivity index (χ1) is 31.9. The number of hydrogen-bond donors (Lipinski definition) is 2. The lowest BCUT2D eigenvalue weighted by Crippen LogP contribution is -2.45. The molecule has 66 heavy (non-hydrogen) atoms. The zero-order valence-electron chi connectivity index (χ0n) is 38.2. The molecule has 7 rings (SSSR count). The summed E-state index contributed by atoms with van der Waals surface area (Å²) in [5.74, 6) is -2.37. The number of likely N-dealkylation sites (tertiary alicyclic amines) is 1. The third-order valence-electron chi connectivity index (χ3n) is 12.8. The predicted molar refractivity (Wildman–Crippen MR) is 248 cm³/mol. The molecule has 0 spiro atoms. The van der Waals surface area contributed by atoms with Crippen LogP contribution in [0.25, 0.3) is 10.9 Å². The van der Waals surface area contributed by atoms with Crippen LogP contribution in [0.15, 0.2) is 84.4 Å². The number of rotatable bonds is 21. The fourth-order valence-electron chi connectivity index (χ4n) is 8.97. The van der Waals surface area contributed by atoms with E-state index < -0.39 is 17.9 Å². The Hall–Kier alpha value is -6.64. The van der Waals surface area contributed by atoms with Gasteiger partial charge in [0.05, 0.1) is 29.6 Å². The summed E-state index contributed by atoms with van der Waals surface area (Å²) in [4.78, 5) is 102. The van der Waals surface area contributed by atoms with Crippen LogP contribution in [0.2, 0.25) is 0 Å². The van der Waals surface area contributed by atoms with Crippen molar-refractivity contribution in [1.29, 1.82) is 0 Å². The normalized spacial score (nSPS) is 17.0. The number of amides is 6. The number of unbranched alkanes of at least 4 members (excludes halogenated alkanes) is 3. The Morgan fingerprint density at radius 1 is 0.803 bits per heavy atom. The molecule has 0 saturated carbocycles. The van der Waals surface area contributed by atoms with Crippen LogP contribution in [0, 0.1) is 11.8 Å². The number of nitrogens with one attached hydrogen (secondary N) is 2. The number of ketones is 1. The molecule has 4 aromatic rings. The Balaban J connectivity index is 0.901. The first-order valence-corrected chi connectivity index (χ1v) is 23.3. The quantitative estimate of drug-likeness (QED) is 0.0772. The molecule has 3 atom stereocenters. The highest BCUT2D eigenvalue weighted by Gasteiger charge is 2.34.